The molecule has 9 heteroatoms. The average molecular weight is 419 g/mol. The summed E-state index contributed by atoms with van der Waals surface area (Å²) >= 11 is 5.64. The van der Waals surface area contributed by atoms with Crippen LogP contribution >= 0.6 is 31.9 Å². The predicted molar refractivity (Wildman–Crippen MR) is 73.1 cm³/mol. The Morgan fingerprint density at radius 3 is 2.30 bits per heavy atom. The van der Waals surface area contributed by atoms with Crippen LogP contribution in [0, 0.1) is 0 Å². The highest BCUT2D eigenvalue weighted by Gasteiger charge is 2.32. The van der Waals surface area contributed by atoms with Gasteiger partial charge in [-0.25, -0.2) is 0 Å². The monoisotopic (exact) mass is 417 g/mol. The Morgan fingerprint density at radius 1 is 1.20 bits per heavy atom. The minimum Gasteiger partial charge on any atom is -0.480 e. The second-order valence-electron chi connectivity index (χ2n) is 3.71. The number of aliphatic carboxylic acids is 1. The maximum absolute atomic E-state index is 12.5. The molecule has 0 unspecified atom stereocenters. The van der Waals surface area contributed by atoms with Gasteiger partial charge in [-0.15, -0.1) is 0 Å². The minimum absolute atomic E-state index is 0.0700. The van der Waals surface area contributed by atoms with E-state index in [0.29, 0.717) is 0 Å². The zero-order chi connectivity index (χ0) is 15.5. The van der Waals surface area contributed by atoms with E-state index in [-0.39, 0.29) is 5.69 Å². The summed E-state index contributed by atoms with van der Waals surface area (Å²) in [5.74, 6) is -2.04. The minimum atomic E-state index is -4.52. The van der Waals surface area contributed by atoms with Crippen molar-refractivity contribution in [3.8, 4) is 0 Å². The predicted octanol–water partition coefficient (Wildman–Crippen LogP) is 3.26. The number of rotatable bonds is 4. The van der Waals surface area contributed by atoms with Crippen molar-refractivity contribution < 1.29 is 27.9 Å². The molecular formula is C11H8Br2F3NO3. The first-order valence-corrected chi connectivity index (χ1v) is 6.95. The van der Waals surface area contributed by atoms with Gasteiger partial charge in [0.25, 0.3) is 0 Å². The van der Waals surface area contributed by atoms with Crippen LogP contribution in [0.1, 0.15) is 5.56 Å². The Kier molecular flexibility index (Phi) is 5.58. The third-order valence-electron chi connectivity index (χ3n) is 2.20. The van der Waals surface area contributed by atoms with Crippen molar-refractivity contribution in [1.82, 2.24) is 0 Å². The summed E-state index contributed by atoms with van der Waals surface area (Å²) in [6.45, 7) is 0. The number of amides is 1. The molecular weight excluding hydrogens is 411 g/mol. The third-order valence-corrected chi connectivity index (χ3v) is 4.78. The second-order valence-corrected chi connectivity index (χ2v) is 5.68. The van der Waals surface area contributed by atoms with E-state index in [1.165, 1.54) is 6.07 Å². The first kappa shape index (κ1) is 17.0. The van der Waals surface area contributed by atoms with Crippen molar-refractivity contribution in [2.24, 2.45) is 0 Å². The summed E-state index contributed by atoms with van der Waals surface area (Å²) in [7, 11) is 0. The van der Waals surface area contributed by atoms with Gasteiger partial charge in [-0.1, -0.05) is 37.9 Å². The second kappa shape index (κ2) is 6.57. The van der Waals surface area contributed by atoms with Crippen LogP contribution in [0.4, 0.5) is 18.9 Å². The van der Waals surface area contributed by atoms with Crippen LogP contribution in [0.25, 0.3) is 0 Å². The fourth-order valence-electron chi connectivity index (χ4n) is 1.24. The molecule has 0 bridgehead atoms. The fourth-order valence-corrected chi connectivity index (χ4v) is 1.82. The number of nitrogens with one attached hydrogen (secondary N) is 1. The number of carbonyl (C=O) groups excluding carboxylic acids is 1. The normalized spacial score (nSPS) is 14.4. The molecule has 4 nitrogen and oxygen atoms in total. The Hall–Kier alpha value is -1.09. The molecule has 2 atom stereocenters. The van der Waals surface area contributed by atoms with Gasteiger partial charge in [0.2, 0.25) is 5.91 Å². The van der Waals surface area contributed by atoms with E-state index >= 15 is 0 Å². The van der Waals surface area contributed by atoms with E-state index in [2.05, 4.69) is 37.2 Å². The molecule has 0 aliphatic heterocycles. The van der Waals surface area contributed by atoms with Gasteiger partial charge >= 0.3 is 12.1 Å². The highest BCUT2D eigenvalue weighted by Crippen LogP contribution is 2.30. The van der Waals surface area contributed by atoms with Crippen molar-refractivity contribution >= 4 is 49.4 Å². The lowest BCUT2D eigenvalue weighted by molar-refractivity contribution is -0.138. The quantitative estimate of drug-likeness (QED) is 0.737. The van der Waals surface area contributed by atoms with Gasteiger partial charge in [0.15, 0.2) is 0 Å². The number of hydrogen-bond donors (Lipinski definition) is 2. The molecule has 0 aliphatic rings. The Labute approximate surface area is 128 Å². The van der Waals surface area contributed by atoms with Gasteiger partial charge in [0.05, 0.1) is 5.56 Å². The van der Waals surface area contributed by atoms with Crippen LogP contribution < -0.4 is 5.32 Å². The van der Waals surface area contributed by atoms with Crippen LogP contribution in [-0.2, 0) is 15.8 Å². The van der Waals surface area contributed by atoms with E-state index in [9.17, 15) is 22.8 Å². The van der Waals surface area contributed by atoms with Gasteiger partial charge in [0.1, 0.15) is 9.65 Å². The topological polar surface area (TPSA) is 66.4 Å². The number of anilines is 1. The molecule has 20 heavy (non-hydrogen) atoms. The van der Waals surface area contributed by atoms with E-state index in [1.807, 2.05) is 0 Å². The maximum Gasteiger partial charge on any atom is 0.416 e. The zero-order valence-electron chi connectivity index (χ0n) is 9.62. The largest absolute Gasteiger partial charge is 0.480 e. The lowest BCUT2D eigenvalue weighted by Gasteiger charge is -2.14. The van der Waals surface area contributed by atoms with Crippen LogP contribution in [0.15, 0.2) is 24.3 Å². The molecule has 0 saturated carbocycles. The number of benzene rings is 1. The summed E-state index contributed by atoms with van der Waals surface area (Å²) in [4.78, 5) is 20.0. The molecule has 2 N–H and O–H groups in total. The highest BCUT2D eigenvalue weighted by molar-refractivity contribution is 9.12. The zero-order valence-corrected chi connectivity index (χ0v) is 12.8. The number of carbonyl (C=O) groups is 2. The first-order chi connectivity index (χ1) is 9.12. The van der Waals surface area contributed by atoms with E-state index in [0.717, 1.165) is 18.2 Å². The summed E-state index contributed by atoms with van der Waals surface area (Å²) in [5.41, 5.74) is -0.977. The highest BCUT2D eigenvalue weighted by atomic mass is 79.9. The number of halogens is 5. The van der Waals surface area contributed by atoms with Crippen molar-refractivity contribution in [3.63, 3.8) is 0 Å². The molecule has 1 amide bonds. The number of carboxylic acid groups (broad SMARTS) is 1. The van der Waals surface area contributed by atoms with Gasteiger partial charge in [-0.3, -0.25) is 9.59 Å². The molecule has 1 rings (SSSR count). The van der Waals surface area contributed by atoms with Crippen LogP contribution in [0.2, 0.25) is 0 Å². The van der Waals surface area contributed by atoms with Crippen LogP contribution in [0.3, 0.4) is 0 Å². The molecule has 110 valence electrons. The standard InChI is InChI=1S/C11H8Br2F3NO3/c12-7(8(13)10(19)20)9(18)17-6-3-1-2-5(4-6)11(14,15)16/h1-4,7-8H,(H,17,18)(H,19,20)/t7-,8-/m1/s1. The lowest BCUT2D eigenvalue weighted by atomic mass is 10.2. The maximum atomic E-state index is 12.5. The first-order valence-electron chi connectivity index (χ1n) is 5.12. The molecule has 0 aliphatic carbocycles. The molecule has 0 saturated heterocycles. The van der Waals surface area contributed by atoms with Crippen molar-refractivity contribution in [2.45, 2.75) is 15.8 Å². The van der Waals surface area contributed by atoms with Crippen molar-refractivity contribution in [1.29, 1.82) is 0 Å². The molecule has 0 aromatic heterocycles. The van der Waals surface area contributed by atoms with Crippen molar-refractivity contribution in [2.75, 3.05) is 5.32 Å². The van der Waals surface area contributed by atoms with Gasteiger partial charge in [-0.05, 0) is 18.2 Å². The number of alkyl halides is 5. The Bertz CT molecular complexity index is 522. The number of hydrogen-bond acceptors (Lipinski definition) is 2. The van der Waals surface area contributed by atoms with Crippen molar-refractivity contribution in [3.05, 3.63) is 29.8 Å². The lowest BCUT2D eigenvalue weighted by Crippen LogP contribution is -2.34. The van der Waals surface area contributed by atoms with E-state index in [1.54, 1.807) is 0 Å². The number of carboxylic acids is 1. The molecule has 0 fully saturated rings. The Morgan fingerprint density at radius 2 is 1.80 bits per heavy atom. The van der Waals surface area contributed by atoms with Crippen LogP contribution in [0.5, 0.6) is 0 Å². The van der Waals surface area contributed by atoms with E-state index in [4.69, 9.17) is 5.11 Å². The van der Waals surface area contributed by atoms with Crippen LogP contribution in [-0.4, -0.2) is 26.6 Å². The third kappa shape index (κ3) is 4.48. The summed E-state index contributed by atoms with van der Waals surface area (Å²) in [6, 6.07) is 4.05. The molecule has 1 aromatic carbocycles. The molecule has 0 radical (unpaired) electrons. The molecule has 0 heterocycles. The smallest absolute Gasteiger partial charge is 0.416 e. The molecule has 1 aromatic rings. The Balaban J connectivity index is 2.84. The van der Waals surface area contributed by atoms with Gasteiger partial charge in [-0.2, -0.15) is 13.2 Å². The summed E-state index contributed by atoms with van der Waals surface area (Å²) < 4.78 is 37.5. The summed E-state index contributed by atoms with van der Waals surface area (Å²) in [5, 5.41) is 10.9. The van der Waals surface area contributed by atoms with E-state index < -0.39 is 33.3 Å². The van der Waals surface area contributed by atoms with Gasteiger partial charge < -0.3 is 10.4 Å². The fraction of sp³-hybridized carbons (Fsp3) is 0.273. The SMILES string of the molecule is O=C(O)[C@H](Br)[C@@H](Br)C(=O)Nc1cccc(C(F)(F)F)c1. The van der Waals surface area contributed by atoms with Gasteiger partial charge in [0, 0.05) is 5.69 Å². The average Bonchev–Trinajstić information content (AvgIpc) is 2.36. The molecule has 0 spiro atoms. The summed E-state index contributed by atoms with van der Waals surface area (Å²) in [6.07, 6.45) is -4.52.